The van der Waals surface area contributed by atoms with E-state index in [1.807, 2.05) is 0 Å². The van der Waals surface area contributed by atoms with Gasteiger partial charge >= 0.3 is 0 Å². The van der Waals surface area contributed by atoms with Gasteiger partial charge < -0.3 is 4.90 Å². The lowest BCUT2D eigenvalue weighted by Gasteiger charge is -2.34. The monoisotopic (exact) mass is 854 g/mol. The van der Waals surface area contributed by atoms with Crippen molar-refractivity contribution in [2.24, 2.45) is 4.99 Å². The van der Waals surface area contributed by atoms with Gasteiger partial charge in [-0.25, -0.2) is 0 Å². The summed E-state index contributed by atoms with van der Waals surface area (Å²) in [6, 6.07) is 71.2. The Morgan fingerprint density at radius 1 is 0.478 bits per heavy atom. The molecule has 0 saturated carbocycles. The molecule has 3 atom stereocenters. The Hall–Kier alpha value is -8.07. The Morgan fingerprint density at radius 3 is 1.72 bits per heavy atom. The number of nitrogens with zero attached hydrogens (tertiary/aromatic N) is 2. The van der Waals surface area contributed by atoms with E-state index < -0.39 is 0 Å². The maximum atomic E-state index is 5.24. The normalized spacial score (nSPS) is 19.5. The molecule has 0 fully saturated rings. The number of allylic oxidation sites excluding steroid dienone is 6. The van der Waals surface area contributed by atoms with Gasteiger partial charge in [-0.05, 0) is 168 Å². The zero-order chi connectivity index (χ0) is 44.2. The van der Waals surface area contributed by atoms with Crippen LogP contribution in [0.1, 0.15) is 46.2 Å². The highest BCUT2D eigenvalue weighted by molar-refractivity contribution is 6.14. The van der Waals surface area contributed by atoms with Crippen LogP contribution in [0.15, 0.2) is 235 Å². The summed E-state index contributed by atoms with van der Waals surface area (Å²) in [5.74, 6) is 1.02. The van der Waals surface area contributed by atoms with E-state index in [0.29, 0.717) is 0 Å². The molecule has 67 heavy (non-hydrogen) atoms. The third-order valence-corrected chi connectivity index (χ3v) is 15.2. The maximum Gasteiger partial charge on any atom is 0.136 e. The van der Waals surface area contributed by atoms with Crippen molar-refractivity contribution in [3.05, 3.63) is 263 Å². The Balaban J connectivity index is 0.817. The molecule has 1 aliphatic heterocycles. The van der Waals surface area contributed by atoms with Crippen LogP contribution in [0, 0.1) is 6.92 Å². The van der Waals surface area contributed by atoms with E-state index in [4.69, 9.17) is 4.99 Å². The Morgan fingerprint density at radius 2 is 1.04 bits per heavy atom. The molecule has 0 saturated heterocycles. The quantitative estimate of drug-likeness (QED) is 0.168. The highest BCUT2D eigenvalue weighted by atomic mass is 15.3. The minimum atomic E-state index is -0.342. The summed E-state index contributed by atoms with van der Waals surface area (Å²) in [7, 11) is 0. The zero-order valence-corrected chi connectivity index (χ0v) is 37.3. The van der Waals surface area contributed by atoms with E-state index in [9.17, 15) is 0 Å². The molecule has 1 spiro atoms. The second kappa shape index (κ2) is 14.7. The van der Waals surface area contributed by atoms with Gasteiger partial charge in [0.25, 0.3) is 0 Å². The summed E-state index contributed by atoms with van der Waals surface area (Å²) in [6.07, 6.45) is 15.6. The molecule has 2 heteroatoms. The number of rotatable bonds is 5. The van der Waals surface area contributed by atoms with Gasteiger partial charge in [-0.15, -0.1) is 0 Å². The van der Waals surface area contributed by atoms with Gasteiger partial charge in [0.1, 0.15) is 5.84 Å². The lowest BCUT2D eigenvalue weighted by molar-refractivity contribution is 0.714. The first-order chi connectivity index (χ1) is 33.1. The minimum absolute atomic E-state index is 0.106. The summed E-state index contributed by atoms with van der Waals surface area (Å²) < 4.78 is 0. The van der Waals surface area contributed by atoms with Crippen LogP contribution in [0.5, 0.6) is 0 Å². The molecule has 0 aromatic heterocycles. The van der Waals surface area contributed by atoms with Crippen LogP contribution in [-0.2, 0) is 5.41 Å². The number of amidine groups is 1. The van der Waals surface area contributed by atoms with Crippen molar-refractivity contribution < 1.29 is 0 Å². The van der Waals surface area contributed by atoms with Crippen LogP contribution in [0.2, 0.25) is 0 Å². The molecule has 0 amide bonds. The molecule has 0 radical (unpaired) electrons. The summed E-state index contributed by atoms with van der Waals surface area (Å²) >= 11 is 0. The van der Waals surface area contributed by atoms with Crippen LogP contribution in [0.3, 0.4) is 0 Å². The van der Waals surface area contributed by atoms with E-state index >= 15 is 0 Å². The number of aryl methyl sites for hydroxylation is 1. The molecule has 4 aliphatic carbocycles. The van der Waals surface area contributed by atoms with Crippen molar-refractivity contribution >= 4 is 38.6 Å². The SMILES string of the molecule is Cc1cccc(-c2ccc3c(c2)C2(C4=C(C=CCC4)c4ccccc42)c2cc(-c4ccc5cc(-c6ccc7cc(C8=NC9C=CC=CC9N8c8ccccc8)ccc7c6)ccc5c4)ccc2-3)c1. The molecule has 9 aromatic carbocycles. The lowest BCUT2D eigenvalue weighted by Crippen LogP contribution is -2.39. The number of anilines is 1. The third kappa shape index (κ3) is 5.79. The minimum Gasteiger partial charge on any atom is -0.317 e. The molecule has 1 heterocycles. The van der Waals surface area contributed by atoms with Crippen molar-refractivity contribution in [2.75, 3.05) is 4.90 Å². The fraction of sp³-hybridized carbons (Fsp3) is 0.0923. The number of para-hydroxylation sites is 1. The molecule has 14 rings (SSSR count). The fourth-order valence-corrected chi connectivity index (χ4v) is 12.2. The van der Waals surface area contributed by atoms with Gasteiger partial charge in [-0.1, -0.05) is 182 Å². The number of benzene rings is 9. The molecule has 316 valence electrons. The molecular weight excluding hydrogens is 809 g/mol. The highest BCUT2D eigenvalue weighted by Gasteiger charge is 2.52. The van der Waals surface area contributed by atoms with Gasteiger partial charge in [0.2, 0.25) is 0 Å². The largest absolute Gasteiger partial charge is 0.317 e. The Kier molecular flexibility index (Phi) is 8.40. The number of hydrogen-bond donors (Lipinski definition) is 0. The van der Waals surface area contributed by atoms with Crippen LogP contribution in [0.25, 0.3) is 71.6 Å². The average Bonchev–Trinajstić information content (AvgIpc) is 4.02. The summed E-state index contributed by atoms with van der Waals surface area (Å²) in [4.78, 5) is 7.63. The fourth-order valence-electron chi connectivity index (χ4n) is 12.2. The zero-order valence-electron chi connectivity index (χ0n) is 37.3. The van der Waals surface area contributed by atoms with E-state index in [0.717, 1.165) is 29.9 Å². The highest BCUT2D eigenvalue weighted by Crippen LogP contribution is 2.64. The van der Waals surface area contributed by atoms with Gasteiger partial charge in [-0.3, -0.25) is 4.99 Å². The van der Waals surface area contributed by atoms with Crippen molar-refractivity contribution in [1.82, 2.24) is 0 Å². The Labute approximate surface area is 391 Å². The standard InChI is InChI=1S/C65H46N2/c1-41-12-11-13-42(34-41)50-30-32-56-57-33-31-51(40-61(57)65(60(56)39-50)58-18-7-5-16-54(58)55-17-6-8-19-59(55)65)48-26-24-44-35-43(22-23-46(44)37-48)45-25-27-49-38-52(29-28-47(49)36-45)64-66-62-20-9-10-21-63(62)67(64)53-14-3-2-4-15-53/h2-7,9-18,20-40,62-63H,8,19H2,1H3. The molecule has 0 N–H and O–H groups in total. The van der Waals surface area contributed by atoms with E-state index in [1.165, 1.54) is 99.4 Å². The molecule has 9 aromatic rings. The van der Waals surface area contributed by atoms with E-state index in [-0.39, 0.29) is 17.5 Å². The first-order valence-electron chi connectivity index (χ1n) is 23.8. The molecule has 3 unspecified atom stereocenters. The van der Waals surface area contributed by atoms with Crippen molar-refractivity contribution in [2.45, 2.75) is 37.3 Å². The van der Waals surface area contributed by atoms with E-state index in [1.54, 1.807) is 5.57 Å². The summed E-state index contributed by atoms with van der Waals surface area (Å²) in [5.41, 5.74) is 22.0. The first kappa shape index (κ1) is 38.2. The molecule has 2 nitrogen and oxygen atoms in total. The number of fused-ring (bicyclic) bond motifs is 12. The summed E-state index contributed by atoms with van der Waals surface area (Å²) in [6.45, 7) is 2.19. The number of aliphatic imine (C=N–C) groups is 1. The predicted molar refractivity (Wildman–Crippen MR) is 281 cm³/mol. The number of hydrogen-bond acceptors (Lipinski definition) is 2. The van der Waals surface area contributed by atoms with Crippen LogP contribution in [-0.4, -0.2) is 17.9 Å². The maximum absolute atomic E-state index is 5.24. The third-order valence-electron chi connectivity index (χ3n) is 15.2. The van der Waals surface area contributed by atoms with Crippen LogP contribution < -0.4 is 4.90 Å². The second-order valence-electron chi connectivity index (χ2n) is 19.0. The van der Waals surface area contributed by atoms with Crippen molar-refractivity contribution in [3.8, 4) is 44.5 Å². The van der Waals surface area contributed by atoms with Crippen molar-refractivity contribution in [3.63, 3.8) is 0 Å². The van der Waals surface area contributed by atoms with E-state index in [2.05, 4.69) is 236 Å². The van der Waals surface area contributed by atoms with Crippen LogP contribution >= 0.6 is 0 Å². The van der Waals surface area contributed by atoms with Gasteiger partial charge in [-0.2, -0.15) is 0 Å². The molecular formula is C65H46N2. The van der Waals surface area contributed by atoms with Gasteiger partial charge in [0.05, 0.1) is 17.5 Å². The topological polar surface area (TPSA) is 15.6 Å². The van der Waals surface area contributed by atoms with Crippen LogP contribution in [0.4, 0.5) is 5.69 Å². The van der Waals surface area contributed by atoms with Crippen molar-refractivity contribution in [1.29, 1.82) is 0 Å². The average molecular weight is 855 g/mol. The second-order valence-corrected chi connectivity index (χ2v) is 19.0. The predicted octanol–water partition coefficient (Wildman–Crippen LogP) is 15.9. The first-order valence-corrected chi connectivity index (χ1v) is 23.8. The Bertz CT molecular complexity index is 3730. The van der Waals surface area contributed by atoms with Gasteiger partial charge in [0.15, 0.2) is 0 Å². The lowest BCUT2D eigenvalue weighted by atomic mass is 9.67. The van der Waals surface area contributed by atoms with Gasteiger partial charge in [0, 0.05) is 11.3 Å². The molecule has 5 aliphatic rings. The molecule has 0 bridgehead atoms. The smallest absolute Gasteiger partial charge is 0.136 e. The summed E-state index contributed by atoms with van der Waals surface area (Å²) in [5, 5.41) is 4.91.